The Balaban J connectivity index is 1.24. The number of carboxylic acids is 1. The van der Waals surface area contributed by atoms with Gasteiger partial charge in [0.05, 0.1) is 13.2 Å². The predicted molar refractivity (Wildman–Crippen MR) is 199 cm³/mol. The summed E-state index contributed by atoms with van der Waals surface area (Å²) in [6.45, 7) is 5.56. The van der Waals surface area contributed by atoms with E-state index < -0.39 is 19.3 Å². The van der Waals surface area contributed by atoms with Crippen LogP contribution in [0.2, 0.25) is 5.02 Å². The van der Waals surface area contributed by atoms with E-state index in [1.165, 1.54) is 5.56 Å². The van der Waals surface area contributed by atoms with Crippen LogP contribution in [-0.2, 0) is 32.1 Å². The molecule has 0 bridgehead atoms. The van der Waals surface area contributed by atoms with E-state index in [1.54, 1.807) is 18.2 Å². The molecule has 4 atom stereocenters. The summed E-state index contributed by atoms with van der Waals surface area (Å²) in [7, 11) is -0.645. The van der Waals surface area contributed by atoms with Crippen molar-refractivity contribution in [2.24, 2.45) is 11.8 Å². The standard InChI is InChI=1S/C39H51ClN3O7P/c1-26(25-48-35-13-18-41-34-10-5-7-27(2)36(34)35)21-29-22-28-11-12-32(50-51(46,47)49-20-19-43(3)4)24-33(28)38(29)14-16-39(17-15-38,37(44)45)42-31-9-6-8-30(40)23-31/h6,8-9,11-13,18,23-24,26-27,29,42H,5,7,10,14-17,19-22,25H2,1-4H3,(H,44,45)(H,46,47)/t26-,27-,29?,38?,39?/m1/s1. The largest absolute Gasteiger partial charge is 0.527 e. The summed E-state index contributed by atoms with van der Waals surface area (Å²) in [4.78, 5) is 30.0. The highest BCUT2D eigenvalue weighted by molar-refractivity contribution is 7.47. The number of aliphatic carboxylic acids is 1. The quantitative estimate of drug-likeness (QED) is 0.139. The number of nitrogens with one attached hydrogen (secondary N) is 1. The van der Waals surface area contributed by atoms with Crippen LogP contribution in [0.5, 0.6) is 11.5 Å². The minimum Gasteiger partial charge on any atom is -0.493 e. The van der Waals surface area contributed by atoms with Gasteiger partial charge >= 0.3 is 13.8 Å². The molecule has 3 aliphatic rings. The summed E-state index contributed by atoms with van der Waals surface area (Å²) in [5, 5.41) is 14.5. The topological polar surface area (TPSA) is 130 Å². The maximum atomic E-state index is 12.9. The molecule has 0 aliphatic heterocycles. The van der Waals surface area contributed by atoms with Crippen LogP contribution in [0.1, 0.15) is 87.1 Å². The van der Waals surface area contributed by atoms with Crippen LogP contribution in [0.3, 0.4) is 0 Å². The van der Waals surface area contributed by atoms with Gasteiger partial charge in [-0.25, -0.2) is 9.36 Å². The van der Waals surface area contributed by atoms with Gasteiger partial charge < -0.3 is 24.6 Å². The Bertz CT molecular complexity index is 1760. The lowest BCUT2D eigenvalue weighted by molar-refractivity contribution is -0.144. The van der Waals surface area contributed by atoms with Crippen molar-refractivity contribution < 1.29 is 33.1 Å². The first-order chi connectivity index (χ1) is 24.3. The van der Waals surface area contributed by atoms with Crippen LogP contribution in [0.15, 0.2) is 54.7 Å². The Morgan fingerprint density at radius 2 is 1.94 bits per heavy atom. The number of aryl methyl sites for hydroxylation is 1. The number of benzene rings is 2. The second kappa shape index (κ2) is 15.5. The number of phosphoric acid groups is 1. The molecule has 0 saturated heterocycles. The van der Waals surface area contributed by atoms with Crippen molar-refractivity contribution in [2.45, 2.75) is 88.5 Å². The zero-order chi connectivity index (χ0) is 36.4. The number of phosphoric ester groups is 1. The van der Waals surface area contributed by atoms with E-state index in [0.29, 0.717) is 55.5 Å². The number of hydrogen-bond acceptors (Lipinski definition) is 8. The second-order valence-electron chi connectivity index (χ2n) is 15.2. The minimum absolute atomic E-state index is 0.0514. The maximum absolute atomic E-state index is 12.9. The van der Waals surface area contributed by atoms with Crippen molar-refractivity contribution >= 4 is 31.1 Å². The number of fused-ring (bicyclic) bond motifs is 3. The highest BCUT2D eigenvalue weighted by atomic mass is 35.5. The normalized spacial score (nSPS) is 25.9. The molecule has 10 nitrogen and oxygen atoms in total. The molecule has 1 aromatic heterocycles. The third-order valence-corrected chi connectivity index (χ3v) is 12.5. The van der Waals surface area contributed by atoms with E-state index in [0.717, 1.165) is 54.7 Å². The lowest BCUT2D eigenvalue weighted by atomic mass is 9.59. The number of likely N-dealkylation sites (N-methyl/N-ethyl adjacent to an activating group) is 1. The zero-order valence-electron chi connectivity index (χ0n) is 30.1. The van der Waals surface area contributed by atoms with Crippen molar-refractivity contribution in [2.75, 3.05) is 39.2 Å². The number of hydrogen-bond donors (Lipinski definition) is 3. The number of aromatic nitrogens is 1. The molecule has 51 heavy (non-hydrogen) atoms. The molecule has 1 heterocycles. The van der Waals surface area contributed by atoms with Gasteiger partial charge in [0.2, 0.25) is 0 Å². The zero-order valence-corrected chi connectivity index (χ0v) is 31.7. The monoisotopic (exact) mass is 739 g/mol. The third-order valence-electron chi connectivity index (χ3n) is 11.3. The number of rotatable bonds is 14. The van der Waals surface area contributed by atoms with Gasteiger partial charge in [0, 0.05) is 34.7 Å². The summed E-state index contributed by atoms with van der Waals surface area (Å²) >= 11 is 6.26. The maximum Gasteiger partial charge on any atom is 0.527 e. The molecule has 3 aromatic rings. The Kier molecular flexibility index (Phi) is 11.4. The molecule has 3 aliphatic carbocycles. The number of carbonyl (C=O) groups is 1. The molecule has 2 aromatic carbocycles. The van der Waals surface area contributed by atoms with Gasteiger partial charge in [-0.15, -0.1) is 0 Å². The minimum atomic E-state index is -4.36. The predicted octanol–water partition coefficient (Wildman–Crippen LogP) is 8.26. The van der Waals surface area contributed by atoms with Crippen molar-refractivity contribution in [3.05, 3.63) is 82.1 Å². The van der Waals surface area contributed by atoms with Crippen LogP contribution in [0, 0.1) is 11.8 Å². The molecule has 276 valence electrons. The van der Waals surface area contributed by atoms with E-state index in [2.05, 4.69) is 24.1 Å². The van der Waals surface area contributed by atoms with Gasteiger partial charge in [0.1, 0.15) is 17.0 Å². The summed E-state index contributed by atoms with van der Waals surface area (Å²) < 4.78 is 30.3. The lowest BCUT2D eigenvalue weighted by Crippen LogP contribution is -2.53. The van der Waals surface area contributed by atoms with E-state index >= 15 is 0 Å². The first kappa shape index (κ1) is 37.6. The average molecular weight is 740 g/mol. The first-order valence-electron chi connectivity index (χ1n) is 18.1. The molecule has 1 saturated carbocycles. The van der Waals surface area contributed by atoms with Crippen LogP contribution in [0.4, 0.5) is 5.69 Å². The van der Waals surface area contributed by atoms with E-state index in [9.17, 15) is 19.4 Å². The van der Waals surface area contributed by atoms with Crippen molar-refractivity contribution in [1.29, 1.82) is 0 Å². The van der Waals surface area contributed by atoms with Gasteiger partial charge in [0.15, 0.2) is 0 Å². The average Bonchev–Trinajstić information content (AvgIpc) is 3.35. The van der Waals surface area contributed by atoms with Gasteiger partial charge in [-0.2, -0.15) is 0 Å². The van der Waals surface area contributed by atoms with E-state index in [1.807, 2.05) is 55.5 Å². The number of halogens is 1. The summed E-state index contributed by atoms with van der Waals surface area (Å²) in [6, 6.07) is 14.8. The molecule has 1 spiro atoms. The molecule has 12 heteroatoms. The molecule has 0 radical (unpaired) electrons. The van der Waals surface area contributed by atoms with Crippen molar-refractivity contribution in [1.82, 2.24) is 9.88 Å². The Morgan fingerprint density at radius 3 is 2.67 bits per heavy atom. The fraction of sp³-hybridized carbons (Fsp3) is 0.538. The Morgan fingerprint density at radius 1 is 1.16 bits per heavy atom. The third kappa shape index (κ3) is 8.42. The molecule has 2 unspecified atom stereocenters. The van der Waals surface area contributed by atoms with Crippen LogP contribution >= 0.6 is 19.4 Å². The highest BCUT2D eigenvalue weighted by Crippen LogP contribution is 2.57. The SMILES string of the molecule is C[C@@H](COc1ccnc2c1[C@H](C)CCC2)CC1Cc2ccc(OP(=O)(O)OCCN(C)C)cc2C12CCC(Nc1cccc(Cl)c1)(C(=O)O)CC2. The van der Waals surface area contributed by atoms with Crippen molar-refractivity contribution in [3.63, 3.8) is 0 Å². The summed E-state index contributed by atoms with van der Waals surface area (Å²) in [6.07, 6.45) is 8.85. The van der Waals surface area contributed by atoms with Gasteiger partial charge in [0.25, 0.3) is 0 Å². The second-order valence-corrected chi connectivity index (χ2v) is 17.0. The van der Waals surface area contributed by atoms with Gasteiger partial charge in [-0.1, -0.05) is 37.6 Å². The smallest absolute Gasteiger partial charge is 0.493 e. The van der Waals surface area contributed by atoms with Crippen LogP contribution in [0.25, 0.3) is 0 Å². The number of pyridine rings is 1. The van der Waals surface area contributed by atoms with Gasteiger partial charge in [-0.05, 0) is 143 Å². The Labute approximate surface area is 306 Å². The fourth-order valence-corrected chi connectivity index (χ4v) is 9.57. The number of anilines is 1. The lowest BCUT2D eigenvalue weighted by Gasteiger charge is -2.47. The van der Waals surface area contributed by atoms with Crippen LogP contribution in [-0.4, -0.2) is 65.2 Å². The summed E-state index contributed by atoms with van der Waals surface area (Å²) in [5.74, 6) is 1.16. The number of carboxylic acid groups (broad SMARTS) is 1. The molecule has 1 fully saturated rings. The Hall–Kier alpha value is -3.14. The molecule has 6 rings (SSSR count). The van der Waals surface area contributed by atoms with E-state index in [4.69, 9.17) is 25.4 Å². The first-order valence-corrected chi connectivity index (χ1v) is 20.0. The molecule has 3 N–H and O–H groups in total. The molecular weight excluding hydrogens is 689 g/mol. The van der Waals surface area contributed by atoms with E-state index in [-0.39, 0.29) is 29.6 Å². The highest BCUT2D eigenvalue weighted by Gasteiger charge is 2.54. The fourth-order valence-electron chi connectivity index (χ4n) is 8.63. The number of nitrogens with zero attached hydrogens (tertiary/aromatic N) is 2. The van der Waals surface area contributed by atoms with Crippen molar-refractivity contribution in [3.8, 4) is 11.5 Å². The molecular formula is C39H51ClN3O7P. The summed E-state index contributed by atoms with van der Waals surface area (Å²) in [5.41, 5.74) is 3.76. The molecule has 0 amide bonds. The van der Waals surface area contributed by atoms with Gasteiger partial charge in [-0.3, -0.25) is 14.4 Å². The van der Waals surface area contributed by atoms with Crippen LogP contribution < -0.4 is 14.6 Å². The number of ether oxygens (including phenoxy) is 1.